The van der Waals surface area contributed by atoms with Gasteiger partial charge in [-0.05, 0) is 18.2 Å². The number of hydrogen-bond acceptors (Lipinski definition) is 1. The summed E-state index contributed by atoms with van der Waals surface area (Å²) in [4.78, 5) is 4.59. The average Bonchev–Trinajstić information content (AvgIpc) is 3.08. The minimum atomic E-state index is 0.911. The summed E-state index contributed by atoms with van der Waals surface area (Å²) in [7, 11) is 2.12. The lowest BCUT2D eigenvalue weighted by Crippen LogP contribution is -2.29. The highest BCUT2D eigenvalue weighted by Crippen LogP contribution is 2.31. The summed E-state index contributed by atoms with van der Waals surface area (Å²) in [6, 6.07) is 12.7. The molecule has 1 aromatic carbocycles. The fraction of sp³-hybridized carbons (Fsp3) is 0.125. The molecule has 0 N–H and O–H groups in total. The van der Waals surface area contributed by atoms with Gasteiger partial charge < -0.3 is 4.57 Å². The van der Waals surface area contributed by atoms with Crippen molar-refractivity contribution in [3.63, 3.8) is 0 Å². The fourth-order valence-corrected chi connectivity index (χ4v) is 3.38. The molecule has 5 rings (SSSR count). The lowest BCUT2D eigenvalue weighted by Gasteiger charge is -1.95. The van der Waals surface area contributed by atoms with E-state index < -0.39 is 0 Å². The standard InChI is InChI=1S/C16H13N4/c1-18-12-6-2-3-7-13(12)20-10-19-9-11-5-4-8-17-14(11)15(19)16(18)20/h2-8,10H,9H2,1H3/q+1. The van der Waals surface area contributed by atoms with E-state index in [4.69, 9.17) is 0 Å². The third-order valence-corrected chi connectivity index (χ3v) is 4.26. The van der Waals surface area contributed by atoms with Crippen molar-refractivity contribution in [3.8, 4) is 11.4 Å². The van der Waals surface area contributed by atoms with Gasteiger partial charge in [0.05, 0.1) is 5.52 Å². The van der Waals surface area contributed by atoms with Crippen molar-refractivity contribution in [1.82, 2.24) is 14.0 Å². The molecule has 0 radical (unpaired) electrons. The zero-order valence-electron chi connectivity index (χ0n) is 11.1. The molecule has 3 aromatic heterocycles. The van der Waals surface area contributed by atoms with E-state index in [1.54, 1.807) is 0 Å². The molecule has 0 bridgehead atoms. The first kappa shape index (κ1) is 10.2. The van der Waals surface area contributed by atoms with Gasteiger partial charge in [-0.2, -0.15) is 4.40 Å². The monoisotopic (exact) mass is 261 g/mol. The van der Waals surface area contributed by atoms with Crippen LogP contribution in [0.15, 0.2) is 48.9 Å². The molecule has 0 aliphatic carbocycles. The number of fused-ring (bicyclic) bond motifs is 7. The van der Waals surface area contributed by atoms with Crippen molar-refractivity contribution in [2.24, 2.45) is 7.05 Å². The maximum atomic E-state index is 4.59. The molecule has 1 aliphatic heterocycles. The number of nitrogens with zero attached hydrogens (tertiary/aromatic N) is 4. The summed E-state index contributed by atoms with van der Waals surface area (Å²) in [6.07, 6.45) is 4.06. The summed E-state index contributed by atoms with van der Waals surface area (Å²) in [5.41, 5.74) is 7.33. The van der Waals surface area contributed by atoms with Gasteiger partial charge in [0, 0.05) is 18.8 Å². The predicted octanol–water partition coefficient (Wildman–Crippen LogP) is 2.14. The third kappa shape index (κ3) is 1.04. The van der Waals surface area contributed by atoms with Crippen LogP contribution in [-0.2, 0) is 13.6 Å². The molecule has 0 fully saturated rings. The number of pyridine rings is 1. The highest BCUT2D eigenvalue weighted by molar-refractivity contribution is 5.86. The smallest absolute Gasteiger partial charge is 0.256 e. The zero-order chi connectivity index (χ0) is 13.3. The van der Waals surface area contributed by atoms with Gasteiger partial charge in [-0.15, -0.1) is 0 Å². The van der Waals surface area contributed by atoms with Crippen LogP contribution in [0.2, 0.25) is 0 Å². The SMILES string of the molecule is Cn1c2ccccc2n2c[n+]3c(c12)-c1ncccc1C3. The van der Waals surface area contributed by atoms with Crippen LogP contribution in [-0.4, -0.2) is 14.0 Å². The molecule has 4 heteroatoms. The normalized spacial score (nSPS) is 13.1. The molecule has 0 unspecified atom stereocenters. The van der Waals surface area contributed by atoms with E-state index >= 15 is 0 Å². The van der Waals surface area contributed by atoms with Crippen LogP contribution in [0.1, 0.15) is 5.56 Å². The van der Waals surface area contributed by atoms with E-state index in [1.165, 1.54) is 27.9 Å². The Kier molecular flexibility index (Phi) is 1.67. The number of aryl methyl sites for hydroxylation is 1. The van der Waals surface area contributed by atoms with Crippen molar-refractivity contribution in [1.29, 1.82) is 0 Å². The van der Waals surface area contributed by atoms with Crippen LogP contribution in [0.3, 0.4) is 0 Å². The maximum absolute atomic E-state index is 4.59. The van der Waals surface area contributed by atoms with Crippen molar-refractivity contribution in [2.75, 3.05) is 0 Å². The number of hydrogen-bond donors (Lipinski definition) is 0. The number of rotatable bonds is 0. The molecule has 1 aliphatic rings. The minimum absolute atomic E-state index is 0.911. The van der Waals surface area contributed by atoms with Gasteiger partial charge >= 0.3 is 0 Å². The first-order valence-electron chi connectivity index (χ1n) is 6.77. The quantitative estimate of drug-likeness (QED) is 0.392. The highest BCUT2D eigenvalue weighted by Gasteiger charge is 2.33. The molecule has 96 valence electrons. The first-order chi connectivity index (χ1) is 9.84. The van der Waals surface area contributed by atoms with Gasteiger partial charge in [-0.25, -0.2) is 4.57 Å². The third-order valence-electron chi connectivity index (χ3n) is 4.26. The lowest BCUT2D eigenvalue weighted by atomic mass is 10.2. The Bertz CT molecular complexity index is 990. The Hall–Kier alpha value is -2.62. The van der Waals surface area contributed by atoms with Crippen LogP contribution in [0, 0.1) is 0 Å². The van der Waals surface area contributed by atoms with E-state index in [0.717, 1.165) is 12.2 Å². The van der Waals surface area contributed by atoms with Gasteiger partial charge in [-0.1, -0.05) is 18.2 Å². The second-order valence-corrected chi connectivity index (χ2v) is 5.34. The van der Waals surface area contributed by atoms with Gasteiger partial charge in [-0.3, -0.25) is 4.98 Å². The molecule has 0 amide bonds. The van der Waals surface area contributed by atoms with Gasteiger partial charge in [0.15, 0.2) is 5.52 Å². The molecular formula is C16H13N4+. The van der Waals surface area contributed by atoms with Crippen LogP contribution < -0.4 is 4.57 Å². The van der Waals surface area contributed by atoms with E-state index in [9.17, 15) is 0 Å². The number of aromatic nitrogens is 4. The second-order valence-electron chi connectivity index (χ2n) is 5.34. The Morgan fingerprint density at radius 2 is 1.95 bits per heavy atom. The second kappa shape index (κ2) is 3.28. The Balaban J connectivity index is 2.01. The molecule has 20 heavy (non-hydrogen) atoms. The van der Waals surface area contributed by atoms with Crippen LogP contribution >= 0.6 is 0 Å². The number of para-hydroxylation sites is 2. The van der Waals surface area contributed by atoms with Gasteiger partial charge in [0.2, 0.25) is 5.69 Å². The Labute approximate surface area is 115 Å². The van der Waals surface area contributed by atoms with Crippen molar-refractivity contribution >= 4 is 16.7 Å². The summed E-state index contributed by atoms with van der Waals surface area (Å²) in [5, 5.41) is 0. The van der Waals surface area contributed by atoms with Crippen molar-refractivity contribution < 1.29 is 4.57 Å². The summed E-state index contributed by atoms with van der Waals surface area (Å²) >= 11 is 0. The molecule has 0 spiro atoms. The number of imidazole rings is 2. The Morgan fingerprint density at radius 1 is 1.10 bits per heavy atom. The average molecular weight is 261 g/mol. The van der Waals surface area contributed by atoms with Gasteiger partial charge in [0.25, 0.3) is 12.0 Å². The lowest BCUT2D eigenvalue weighted by molar-refractivity contribution is -0.671. The molecule has 4 aromatic rings. The van der Waals surface area contributed by atoms with E-state index in [0.29, 0.717) is 0 Å². The number of benzene rings is 1. The molecule has 4 heterocycles. The van der Waals surface area contributed by atoms with Crippen molar-refractivity contribution in [3.05, 3.63) is 54.5 Å². The largest absolute Gasteiger partial charge is 0.304 e. The first-order valence-corrected chi connectivity index (χ1v) is 6.77. The summed E-state index contributed by atoms with van der Waals surface area (Å²) < 4.78 is 6.81. The van der Waals surface area contributed by atoms with Crippen LogP contribution in [0.5, 0.6) is 0 Å². The zero-order valence-corrected chi connectivity index (χ0v) is 11.1. The Morgan fingerprint density at radius 3 is 2.85 bits per heavy atom. The van der Waals surface area contributed by atoms with Gasteiger partial charge in [0.1, 0.15) is 12.2 Å². The van der Waals surface area contributed by atoms with E-state index in [-0.39, 0.29) is 0 Å². The maximum Gasteiger partial charge on any atom is 0.256 e. The fourth-order valence-electron chi connectivity index (χ4n) is 3.38. The van der Waals surface area contributed by atoms with Crippen LogP contribution in [0.25, 0.3) is 28.1 Å². The van der Waals surface area contributed by atoms with Crippen LogP contribution in [0.4, 0.5) is 0 Å². The molecular weight excluding hydrogens is 248 g/mol. The predicted molar refractivity (Wildman–Crippen MR) is 76.4 cm³/mol. The topological polar surface area (TPSA) is 26.1 Å². The summed E-state index contributed by atoms with van der Waals surface area (Å²) in [5.74, 6) is 0. The molecule has 0 atom stereocenters. The van der Waals surface area contributed by atoms with E-state index in [2.05, 4.69) is 62.2 Å². The summed E-state index contributed by atoms with van der Waals surface area (Å²) in [6.45, 7) is 0.911. The van der Waals surface area contributed by atoms with Crippen molar-refractivity contribution in [2.45, 2.75) is 6.54 Å². The molecule has 0 saturated carbocycles. The molecule has 0 saturated heterocycles. The highest BCUT2D eigenvalue weighted by atomic mass is 15.2. The molecule has 4 nitrogen and oxygen atoms in total. The van der Waals surface area contributed by atoms with E-state index in [1.807, 2.05) is 12.3 Å². The minimum Gasteiger partial charge on any atom is -0.304 e.